The standard InChI is InChI=1S/C21H28N4S/c1-18-8-13-26-21(18)17-24(12-11-23(2)3)15-19-6-4-7-20(14-19)16-25-10-5-9-22-25/h4-10,13-14H,11-12,15-17H2,1-3H3. The average Bonchev–Trinajstić information content (AvgIpc) is 3.25. The van der Waals surface area contributed by atoms with E-state index < -0.39 is 0 Å². The van der Waals surface area contributed by atoms with Crippen LogP contribution in [0.15, 0.2) is 54.2 Å². The van der Waals surface area contributed by atoms with Crippen LogP contribution in [-0.4, -0.2) is 46.8 Å². The maximum absolute atomic E-state index is 4.31. The third kappa shape index (κ3) is 5.53. The number of benzene rings is 1. The fourth-order valence-corrected chi connectivity index (χ4v) is 3.94. The van der Waals surface area contributed by atoms with Crippen LogP contribution in [0.2, 0.25) is 0 Å². The molecule has 0 atom stereocenters. The largest absolute Gasteiger partial charge is 0.308 e. The minimum atomic E-state index is 0.822. The van der Waals surface area contributed by atoms with Crippen molar-refractivity contribution >= 4 is 11.3 Å². The van der Waals surface area contributed by atoms with Crippen LogP contribution in [-0.2, 0) is 19.6 Å². The van der Waals surface area contributed by atoms with Crippen LogP contribution in [0.3, 0.4) is 0 Å². The normalized spacial score (nSPS) is 11.6. The number of thiophene rings is 1. The van der Waals surface area contributed by atoms with E-state index in [0.717, 1.165) is 32.7 Å². The molecule has 5 heteroatoms. The van der Waals surface area contributed by atoms with Crippen molar-refractivity contribution in [3.05, 3.63) is 75.7 Å². The molecular weight excluding hydrogens is 340 g/mol. The highest BCUT2D eigenvalue weighted by Crippen LogP contribution is 2.19. The van der Waals surface area contributed by atoms with Crippen molar-refractivity contribution in [1.29, 1.82) is 0 Å². The molecule has 0 unspecified atom stereocenters. The van der Waals surface area contributed by atoms with Crippen molar-refractivity contribution in [2.24, 2.45) is 0 Å². The summed E-state index contributed by atoms with van der Waals surface area (Å²) in [5, 5.41) is 6.51. The van der Waals surface area contributed by atoms with Crippen LogP contribution in [0.4, 0.5) is 0 Å². The second-order valence-corrected chi connectivity index (χ2v) is 8.06. The monoisotopic (exact) mass is 368 g/mol. The molecule has 4 nitrogen and oxygen atoms in total. The van der Waals surface area contributed by atoms with E-state index in [4.69, 9.17) is 0 Å². The molecular formula is C21H28N4S. The highest BCUT2D eigenvalue weighted by atomic mass is 32.1. The number of hydrogen-bond donors (Lipinski definition) is 0. The Morgan fingerprint density at radius 2 is 1.88 bits per heavy atom. The summed E-state index contributed by atoms with van der Waals surface area (Å²) in [5.41, 5.74) is 4.06. The Bertz CT molecular complexity index is 792. The van der Waals surface area contributed by atoms with Crippen LogP contribution < -0.4 is 0 Å². The average molecular weight is 369 g/mol. The second kappa shape index (κ2) is 9.12. The molecule has 0 N–H and O–H groups in total. The lowest BCUT2D eigenvalue weighted by atomic mass is 10.1. The fraction of sp³-hybridized carbons (Fsp3) is 0.381. The quantitative estimate of drug-likeness (QED) is 0.573. The highest BCUT2D eigenvalue weighted by Gasteiger charge is 2.11. The van der Waals surface area contributed by atoms with Gasteiger partial charge >= 0.3 is 0 Å². The van der Waals surface area contributed by atoms with Crippen LogP contribution in [0.25, 0.3) is 0 Å². The predicted octanol–water partition coefficient (Wildman–Crippen LogP) is 3.87. The first-order chi connectivity index (χ1) is 12.6. The van der Waals surface area contributed by atoms with Crippen LogP contribution >= 0.6 is 11.3 Å². The SMILES string of the molecule is Cc1ccsc1CN(CCN(C)C)Cc1cccc(Cn2cccn2)c1. The van der Waals surface area contributed by atoms with Gasteiger partial charge in [-0.3, -0.25) is 9.58 Å². The lowest BCUT2D eigenvalue weighted by Gasteiger charge is -2.24. The third-order valence-corrected chi connectivity index (χ3v) is 5.51. The lowest BCUT2D eigenvalue weighted by molar-refractivity contribution is 0.227. The number of likely N-dealkylation sites (N-methyl/N-ethyl adjacent to an activating group) is 1. The van der Waals surface area contributed by atoms with Crippen molar-refractivity contribution < 1.29 is 0 Å². The Balaban J connectivity index is 1.69. The summed E-state index contributed by atoms with van der Waals surface area (Å²) in [6.07, 6.45) is 3.84. The van der Waals surface area contributed by atoms with Gasteiger partial charge in [-0.05, 0) is 55.2 Å². The summed E-state index contributed by atoms with van der Waals surface area (Å²) < 4.78 is 1.97. The molecule has 0 saturated heterocycles. The fourth-order valence-electron chi connectivity index (χ4n) is 2.99. The van der Waals surface area contributed by atoms with Gasteiger partial charge in [-0.1, -0.05) is 24.3 Å². The Hall–Kier alpha value is -1.95. The molecule has 0 bridgehead atoms. The molecule has 26 heavy (non-hydrogen) atoms. The number of nitrogens with zero attached hydrogens (tertiary/aromatic N) is 4. The minimum absolute atomic E-state index is 0.822. The molecule has 0 aliphatic rings. The van der Waals surface area contributed by atoms with Crippen LogP contribution in [0.1, 0.15) is 21.6 Å². The van der Waals surface area contributed by atoms with E-state index in [1.165, 1.54) is 21.6 Å². The van der Waals surface area contributed by atoms with Gasteiger partial charge in [0, 0.05) is 43.4 Å². The van der Waals surface area contributed by atoms with Crippen molar-refractivity contribution in [2.45, 2.75) is 26.6 Å². The molecule has 138 valence electrons. The van der Waals surface area contributed by atoms with Crippen molar-refractivity contribution in [2.75, 3.05) is 27.2 Å². The number of aromatic nitrogens is 2. The van der Waals surface area contributed by atoms with E-state index in [2.05, 4.69) is 71.6 Å². The van der Waals surface area contributed by atoms with Gasteiger partial charge in [-0.15, -0.1) is 11.3 Å². The van der Waals surface area contributed by atoms with Gasteiger partial charge in [0.05, 0.1) is 6.54 Å². The van der Waals surface area contributed by atoms with E-state index in [1.807, 2.05) is 34.5 Å². The predicted molar refractivity (Wildman–Crippen MR) is 109 cm³/mol. The molecule has 0 aliphatic heterocycles. The first kappa shape index (κ1) is 18.8. The summed E-state index contributed by atoms with van der Waals surface area (Å²) in [6, 6.07) is 13.1. The van der Waals surface area contributed by atoms with Crippen LogP contribution in [0.5, 0.6) is 0 Å². The van der Waals surface area contributed by atoms with Gasteiger partial charge in [0.2, 0.25) is 0 Å². The third-order valence-electron chi connectivity index (χ3n) is 4.50. The van der Waals surface area contributed by atoms with E-state index in [-0.39, 0.29) is 0 Å². The van der Waals surface area contributed by atoms with Gasteiger partial charge in [-0.25, -0.2) is 0 Å². The molecule has 0 saturated carbocycles. The number of hydrogen-bond acceptors (Lipinski definition) is 4. The van der Waals surface area contributed by atoms with Crippen LogP contribution in [0, 0.1) is 6.92 Å². The number of aryl methyl sites for hydroxylation is 1. The number of rotatable bonds is 9. The van der Waals surface area contributed by atoms with E-state index in [9.17, 15) is 0 Å². The Morgan fingerprint density at radius 3 is 2.58 bits per heavy atom. The molecule has 0 amide bonds. The molecule has 1 aromatic carbocycles. The zero-order valence-corrected chi connectivity index (χ0v) is 16.7. The first-order valence-corrected chi connectivity index (χ1v) is 9.93. The minimum Gasteiger partial charge on any atom is -0.308 e. The molecule has 0 aliphatic carbocycles. The van der Waals surface area contributed by atoms with Crippen molar-refractivity contribution in [3.63, 3.8) is 0 Å². The van der Waals surface area contributed by atoms with E-state index in [1.54, 1.807) is 0 Å². The molecule has 2 heterocycles. The maximum Gasteiger partial charge on any atom is 0.0659 e. The smallest absolute Gasteiger partial charge is 0.0659 e. The molecule has 2 aromatic heterocycles. The zero-order chi connectivity index (χ0) is 18.4. The van der Waals surface area contributed by atoms with Gasteiger partial charge in [-0.2, -0.15) is 5.10 Å². The van der Waals surface area contributed by atoms with E-state index >= 15 is 0 Å². The van der Waals surface area contributed by atoms with Gasteiger partial charge in [0.15, 0.2) is 0 Å². The van der Waals surface area contributed by atoms with Crippen molar-refractivity contribution in [3.8, 4) is 0 Å². The molecule has 0 fully saturated rings. The van der Waals surface area contributed by atoms with Crippen molar-refractivity contribution in [1.82, 2.24) is 19.6 Å². The molecule has 3 rings (SSSR count). The van der Waals surface area contributed by atoms with E-state index in [0.29, 0.717) is 0 Å². The second-order valence-electron chi connectivity index (χ2n) is 7.06. The maximum atomic E-state index is 4.31. The summed E-state index contributed by atoms with van der Waals surface area (Å²) in [5.74, 6) is 0. The summed E-state index contributed by atoms with van der Waals surface area (Å²) in [7, 11) is 4.28. The topological polar surface area (TPSA) is 24.3 Å². The Morgan fingerprint density at radius 1 is 1.04 bits per heavy atom. The highest BCUT2D eigenvalue weighted by molar-refractivity contribution is 7.10. The Labute approximate surface area is 160 Å². The molecule has 3 aromatic rings. The molecule has 0 spiro atoms. The van der Waals surface area contributed by atoms with Gasteiger partial charge < -0.3 is 4.90 Å². The Kier molecular flexibility index (Phi) is 6.61. The summed E-state index contributed by atoms with van der Waals surface area (Å²) in [4.78, 5) is 6.27. The van der Waals surface area contributed by atoms with Gasteiger partial charge in [0.25, 0.3) is 0 Å². The van der Waals surface area contributed by atoms with Gasteiger partial charge in [0.1, 0.15) is 0 Å². The summed E-state index contributed by atoms with van der Waals surface area (Å²) >= 11 is 1.86. The summed E-state index contributed by atoms with van der Waals surface area (Å²) in [6.45, 7) is 7.15. The lowest BCUT2D eigenvalue weighted by Crippen LogP contribution is -2.31. The first-order valence-electron chi connectivity index (χ1n) is 9.05. The molecule has 0 radical (unpaired) electrons. The zero-order valence-electron chi connectivity index (χ0n) is 15.9.